The van der Waals surface area contributed by atoms with Gasteiger partial charge in [-0.05, 0) is 19.9 Å². The second-order valence-electron chi connectivity index (χ2n) is 4.74. The Morgan fingerprint density at radius 2 is 2.15 bits per heavy atom. The molecule has 2 aromatic heterocycles. The topological polar surface area (TPSA) is 56.0 Å². The van der Waals surface area contributed by atoms with Gasteiger partial charge in [0.05, 0.1) is 11.6 Å². The molecular weight excluding hydrogens is 278 g/mol. The highest BCUT2D eigenvalue weighted by Crippen LogP contribution is 2.16. The molecule has 0 radical (unpaired) electrons. The van der Waals surface area contributed by atoms with Gasteiger partial charge >= 0.3 is 0 Å². The molecular formula is C13H18ClN5O. The van der Waals surface area contributed by atoms with Gasteiger partial charge in [-0.2, -0.15) is 10.2 Å². The maximum Gasteiger partial charge on any atom is 0.274 e. The summed E-state index contributed by atoms with van der Waals surface area (Å²) >= 11 is 6.11. The summed E-state index contributed by atoms with van der Waals surface area (Å²) in [4.78, 5) is 13.8. The number of carbonyl (C=O) groups is 1. The van der Waals surface area contributed by atoms with E-state index in [1.54, 1.807) is 33.6 Å². The van der Waals surface area contributed by atoms with E-state index in [4.69, 9.17) is 11.6 Å². The second-order valence-corrected chi connectivity index (χ2v) is 5.14. The molecule has 0 unspecified atom stereocenters. The molecule has 0 aliphatic rings. The quantitative estimate of drug-likeness (QED) is 0.865. The molecule has 0 N–H and O–H groups in total. The van der Waals surface area contributed by atoms with Crippen LogP contribution < -0.4 is 0 Å². The van der Waals surface area contributed by atoms with Gasteiger partial charge in [0.25, 0.3) is 5.91 Å². The van der Waals surface area contributed by atoms with E-state index in [1.165, 1.54) is 0 Å². The zero-order chi connectivity index (χ0) is 14.9. The third kappa shape index (κ3) is 2.85. The average Bonchev–Trinajstić information content (AvgIpc) is 2.93. The van der Waals surface area contributed by atoms with Crippen molar-refractivity contribution in [1.29, 1.82) is 0 Å². The van der Waals surface area contributed by atoms with Crippen LogP contribution in [0.25, 0.3) is 0 Å². The fourth-order valence-corrected chi connectivity index (χ4v) is 2.07. The molecule has 2 rings (SSSR count). The molecule has 1 amide bonds. The molecule has 0 atom stereocenters. The SMILES string of the molecule is CCn1cc(Cl)c(CN(C)C(=O)c2cc(C)n(C)n2)n1. The van der Waals surface area contributed by atoms with Crippen LogP contribution in [0.2, 0.25) is 5.02 Å². The first-order chi connectivity index (χ1) is 9.42. The normalized spacial score (nSPS) is 10.8. The van der Waals surface area contributed by atoms with Gasteiger partial charge in [0.15, 0.2) is 5.69 Å². The van der Waals surface area contributed by atoms with Crippen LogP contribution in [0, 0.1) is 6.92 Å². The zero-order valence-electron chi connectivity index (χ0n) is 12.1. The highest BCUT2D eigenvalue weighted by Gasteiger charge is 2.18. The van der Waals surface area contributed by atoms with Crippen LogP contribution in [0.3, 0.4) is 0 Å². The Bertz CT molecular complexity index is 611. The third-order valence-electron chi connectivity index (χ3n) is 3.18. The van der Waals surface area contributed by atoms with Crippen molar-refractivity contribution >= 4 is 17.5 Å². The van der Waals surface area contributed by atoms with Crippen molar-refractivity contribution in [2.24, 2.45) is 7.05 Å². The lowest BCUT2D eigenvalue weighted by atomic mass is 10.3. The van der Waals surface area contributed by atoms with Gasteiger partial charge in [0, 0.05) is 32.5 Å². The van der Waals surface area contributed by atoms with Gasteiger partial charge in [0.2, 0.25) is 0 Å². The Morgan fingerprint density at radius 1 is 1.45 bits per heavy atom. The summed E-state index contributed by atoms with van der Waals surface area (Å²) in [5.74, 6) is -0.143. The molecule has 6 nitrogen and oxygen atoms in total. The summed E-state index contributed by atoms with van der Waals surface area (Å²) in [5, 5.41) is 9.09. The standard InChI is InChI=1S/C13H18ClN5O/c1-5-19-7-10(14)12(16-19)8-17(3)13(20)11-6-9(2)18(4)15-11/h6-7H,5,8H2,1-4H3. The van der Waals surface area contributed by atoms with Crippen molar-refractivity contribution in [3.05, 3.63) is 34.4 Å². The minimum Gasteiger partial charge on any atom is -0.334 e. The summed E-state index contributed by atoms with van der Waals surface area (Å²) < 4.78 is 3.43. The van der Waals surface area contributed by atoms with Gasteiger partial charge in [-0.15, -0.1) is 0 Å². The van der Waals surface area contributed by atoms with Crippen LogP contribution in [0.4, 0.5) is 0 Å². The van der Waals surface area contributed by atoms with Crippen molar-refractivity contribution in [1.82, 2.24) is 24.5 Å². The van der Waals surface area contributed by atoms with E-state index in [0.717, 1.165) is 12.2 Å². The molecule has 0 aliphatic heterocycles. The van der Waals surface area contributed by atoms with Crippen LogP contribution in [0.1, 0.15) is 28.8 Å². The molecule has 20 heavy (non-hydrogen) atoms. The Morgan fingerprint density at radius 3 is 2.65 bits per heavy atom. The predicted molar refractivity (Wildman–Crippen MR) is 76.7 cm³/mol. The maximum atomic E-state index is 12.3. The molecule has 2 heterocycles. The summed E-state index contributed by atoms with van der Waals surface area (Å²) in [5.41, 5.74) is 2.06. The molecule has 0 aromatic carbocycles. The number of carbonyl (C=O) groups excluding carboxylic acids is 1. The van der Waals surface area contributed by atoms with E-state index in [-0.39, 0.29) is 5.91 Å². The first kappa shape index (κ1) is 14.6. The van der Waals surface area contributed by atoms with Gasteiger partial charge in [-0.1, -0.05) is 11.6 Å². The summed E-state index contributed by atoms with van der Waals surface area (Å²) in [7, 11) is 3.53. The molecule has 0 aliphatic carbocycles. The fourth-order valence-electron chi connectivity index (χ4n) is 1.86. The number of halogens is 1. The maximum absolute atomic E-state index is 12.3. The zero-order valence-corrected chi connectivity index (χ0v) is 12.8. The predicted octanol–water partition coefficient (Wildman–Crippen LogP) is 1.87. The Labute approximate surface area is 122 Å². The minimum absolute atomic E-state index is 0.143. The highest BCUT2D eigenvalue weighted by molar-refractivity contribution is 6.31. The lowest BCUT2D eigenvalue weighted by molar-refractivity contribution is 0.0776. The van der Waals surface area contributed by atoms with Crippen LogP contribution in [0.5, 0.6) is 0 Å². The lowest BCUT2D eigenvalue weighted by Gasteiger charge is -2.14. The van der Waals surface area contributed by atoms with Crippen molar-refractivity contribution in [2.45, 2.75) is 26.9 Å². The van der Waals surface area contributed by atoms with Crippen LogP contribution in [-0.4, -0.2) is 37.4 Å². The molecule has 108 valence electrons. The van der Waals surface area contributed by atoms with Crippen LogP contribution in [0.15, 0.2) is 12.3 Å². The molecule has 2 aromatic rings. The molecule has 0 spiro atoms. The average molecular weight is 296 g/mol. The van der Waals surface area contributed by atoms with E-state index in [0.29, 0.717) is 23.0 Å². The summed E-state index contributed by atoms with van der Waals surface area (Å²) in [6.45, 7) is 5.00. The number of rotatable bonds is 4. The molecule has 0 bridgehead atoms. The second kappa shape index (κ2) is 5.66. The van der Waals surface area contributed by atoms with Gasteiger partial charge in [-0.3, -0.25) is 14.2 Å². The number of hydrogen-bond acceptors (Lipinski definition) is 3. The van der Waals surface area contributed by atoms with Crippen molar-refractivity contribution < 1.29 is 4.79 Å². The largest absolute Gasteiger partial charge is 0.334 e. The van der Waals surface area contributed by atoms with E-state index in [2.05, 4.69) is 10.2 Å². The number of amides is 1. The number of hydrogen-bond donors (Lipinski definition) is 0. The van der Waals surface area contributed by atoms with Gasteiger partial charge in [-0.25, -0.2) is 0 Å². The summed E-state index contributed by atoms with van der Waals surface area (Å²) in [6, 6.07) is 1.77. The Balaban J connectivity index is 2.12. The van der Waals surface area contributed by atoms with Crippen molar-refractivity contribution in [2.75, 3.05) is 7.05 Å². The Kier molecular flexibility index (Phi) is 4.13. The van der Waals surface area contributed by atoms with E-state index < -0.39 is 0 Å². The minimum atomic E-state index is -0.143. The first-order valence-electron chi connectivity index (χ1n) is 6.40. The highest BCUT2D eigenvalue weighted by atomic mass is 35.5. The van der Waals surface area contributed by atoms with Gasteiger partial charge in [0.1, 0.15) is 5.69 Å². The fraction of sp³-hybridized carbons (Fsp3) is 0.462. The van der Waals surface area contributed by atoms with Crippen LogP contribution >= 0.6 is 11.6 Å². The van der Waals surface area contributed by atoms with Crippen molar-refractivity contribution in [3.63, 3.8) is 0 Å². The van der Waals surface area contributed by atoms with Crippen molar-refractivity contribution in [3.8, 4) is 0 Å². The molecule has 0 saturated heterocycles. The molecule has 7 heteroatoms. The number of aryl methyl sites for hydroxylation is 3. The first-order valence-corrected chi connectivity index (χ1v) is 6.78. The Hall–Kier alpha value is -1.82. The number of nitrogens with zero attached hydrogens (tertiary/aromatic N) is 5. The third-order valence-corrected chi connectivity index (χ3v) is 3.49. The molecule has 0 saturated carbocycles. The summed E-state index contributed by atoms with van der Waals surface area (Å²) in [6.07, 6.45) is 1.76. The van der Waals surface area contributed by atoms with E-state index >= 15 is 0 Å². The van der Waals surface area contributed by atoms with E-state index in [1.807, 2.05) is 20.9 Å². The van der Waals surface area contributed by atoms with E-state index in [9.17, 15) is 4.79 Å². The lowest BCUT2D eigenvalue weighted by Crippen LogP contribution is -2.27. The van der Waals surface area contributed by atoms with Gasteiger partial charge < -0.3 is 4.90 Å². The van der Waals surface area contributed by atoms with Crippen LogP contribution in [-0.2, 0) is 20.1 Å². The monoisotopic (exact) mass is 295 g/mol. The number of aromatic nitrogens is 4. The molecule has 0 fully saturated rings. The smallest absolute Gasteiger partial charge is 0.274 e.